The molecule has 0 aromatic heterocycles. The number of hydrogen-bond acceptors (Lipinski definition) is 7. The van der Waals surface area contributed by atoms with Crippen molar-refractivity contribution in [3.63, 3.8) is 0 Å². The van der Waals surface area contributed by atoms with Gasteiger partial charge in [0.25, 0.3) is 5.91 Å². The highest BCUT2D eigenvalue weighted by molar-refractivity contribution is 5.81. The van der Waals surface area contributed by atoms with E-state index in [1.54, 1.807) is 0 Å². The van der Waals surface area contributed by atoms with Crippen LogP contribution in [0.3, 0.4) is 0 Å². The van der Waals surface area contributed by atoms with Gasteiger partial charge in [0, 0.05) is 7.05 Å². The van der Waals surface area contributed by atoms with E-state index in [1.165, 1.54) is 7.05 Å². The van der Waals surface area contributed by atoms with Gasteiger partial charge in [-0.05, 0) is 0 Å². The third-order valence-corrected chi connectivity index (χ3v) is 2.51. The van der Waals surface area contributed by atoms with Gasteiger partial charge in [-0.15, -0.1) is 0 Å². The topological polar surface area (TPSA) is 139 Å². The number of rotatable bonds is 2. The summed E-state index contributed by atoms with van der Waals surface area (Å²) in [4.78, 5) is 11.1. The Morgan fingerprint density at radius 3 is 2.56 bits per heavy atom. The first-order chi connectivity index (χ1) is 7.34. The Labute approximate surface area is 91.1 Å². The molecule has 8 nitrogen and oxygen atoms in total. The fourth-order valence-electron chi connectivity index (χ4n) is 1.42. The number of amides is 1. The largest absolute Gasteiger partial charge is 0.388 e. The molecule has 0 saturated carbocycles. The lowest BCUT2D eigenvalue weighted by atomic mass is 9.92. The fraction of sp³-hybridized carbons (Fsp3) is 0.875. The molecule has 0 spiro atoms. The van der Waals surface area contributed by atoms with Crippen LogP contribution in [0, 0.1) is 0 Å². The molecular formula is C8H15NO7. The third kappa shape index (κ3) is 2.03. The van der Waals surface area contributed by atoms with E-state index < -0.39 is 42.7 Å². The van der Waals surface area contributed by atoms with Crippen molar-refractivity contribution in [3.05, 3.63) is 0 Å². The molecule has 1 heterocycles. The average molecular weight is 237 g/mol. The maximum absolute atomic E-state index is 11.1. The fourth-order valence-corrected chi connectivity index (χ4v) is 1.42. The van der Waals surface area contributed by atoms with Crippen LogP contribution in [0.5, 0.6) is 0 Å². The van der Waals surface area contributed by atoms with Crippen LogP contribution >= 0.6 is 0 Å². The van der Waals surface area contributed by atoms with Gasteiger partial charge in [-0.1, -0.05) is 0 Å². The van der Waals surface area contributed by atoms with Crippen LogP contribution in [-0.4, -0.2) is 75.3 Å². The van der Waals surface area contributed by atoms with E-state index in [2.05, 4.69) is 4.74 Å². The summed E-state index contributed by atoms with van der Waals surface area (Å²) < 4.78 is 4.63. The summed E-state index contributed by atoms with van der Waals surface area (Å²) >= 11 is 0. The van der Waals surface area contributed by atoms with E-state index in [9.17, 15) is 25.2 Å². The molecule has 1 unspecified atom stereocenters. The molecule has 1 aliphatic rings. The first kappa shape index (κ1) is 13.3. The zero-order chi connectivity index (χ0) is 12.5. The van der Waals surface area contributed by atoms with E-state index >= 15 is 0 Å². The third-order valence-electron chi connectivity index (χ3n) is 2.51. The molecule has 0 aliphatic carbocycles. The predicted molar refractivity (Wildman–Crippen MR) is 49.0 cm³/mol. The van der Waals surface area contributed by atoms with Crippen molar-refractivity contribution in [1.82, 2.24) is 5.32 Å². The molecule has 94 valence electrons. The maximum atomic E-state index is 11.1. The van der Waals surface area contributed by atoms with E-state index in [0.717, 1.165) is 0 Å². The number of likely N-dealkylation sites (N-methyl/N-ethyl adjacent to an activating group) is 1. The van der Waals surface area contributed by atoms with E-state index in [0.29, 0.717) is 0 Å². The lowest BCUT2D eigenvalue weighted by Gasteiger charge is -2.43. The number of aliphatic hydroxyl groups excluding tert-OH is 4. The van der Waals surface area contributed by atoms with Crippen LogP contribution in [0.4, 0.5) is 0 Å². The second kappa shape index (κ2) is 4.62. The van der Waals surface area contributed by atoms with Crippen molar-refractivity contribution in [3.8, 4) is 0 Å². The Kier molecular flexibility index (Phi) is 3.84. The Morgan fingerprint density at radius 2 is 2.06 bits per heavy atom. The first-order valence-corrected chi connectivity index (χ1v) is 4.64. The van der Waals surface area contributed by atoms with Gasteiger partial charge >= 0.3 is 0 Å². The molecule has 0 aromatic carbocycles. The predicted octanol–water partition coefficient (Wildman–Crippen LogP) is -4.11. The molecule has 6 N–H and O–H groups in total. The van der Waals surface area contributed by atoms with Crippen LogP contribution < -0.4 is 5.32 Å². The minimum Gasteiger partial charge on any atom is -0.388 e. The molecule has 1 aliphatic heterocycles. The van der Waals surface area contributed by atoms with Crippen molar-refractivity contribution in [2.45, 2.75) is 30.2 Å². The summed E-state index contributed by atoms with van der Waals surface area (Å²) in [6, 6.07) is 0. The minimum atomic E-state index is -2.64. The zero-order valence-corrected chi connectivity index (χ0v) is 8.57. The summed E-state index contributed by atoms with van der Waals surface area (Å²) in [5, 5.41) is 49.1. The highest BCUT2D eigenvalue weighted by Gasteiger charge is 2.55. The molecule has 0 aromatic rings. The van der Waals surface area contributed by atoms with Crippen molar-refractivity contribution in [2.24, 2.45) is 0 Å². The molecule has 5 atom stereocenters. The monoisotopic (exact) mass is 237 g/mol. The molecule has 1 rings (SSSR count). The number of ether oxygens (including phenoxy) is 1. The van der Waals surface area contributed by atoms with Crippen LogP contribution in [0.25, 0.3) is 0 Å². The number of nitrogens with one attached hydrogen (secondary N) is 1. The second-order valence-electron chi connectivity index (χ2n) is 3.58. The highest BCUT2D eigenvalue weighted by atomic mass is 16.7. The van der Waals surface area contributed by atoms with Crippen molar-refractivity contribution in [2.75, 3.05) is 13.7 Å². The summed E-state index contributed by atoms with van der Waals surface area (Å²) in [7, 11) is 1.22. The molecule has 16 heavy (non-hydrogen) atoms. The maximum Gasteiger partial charge on any atom is 0.254 e. The average Bonchev–Trinajstić information content (AvgIpc) is 2.29. The van der Waals surface area contributed by atoms with Crippen LogP contribution in [0.1, 0.15) is 0 Å². The normalized spacial score (nSPS) is 41.5. The molecule has 1 saturated heterocycles. The lowest BCUT2D eigenvalue weighted by Crippen LogP contribution is -2.68. The highest BCUT2D eigenvalue weighted by Crippen LogP contribution is 2.27. The van der Waals surface area contributed by atoms with Gasteiger partial charge in [0.15, 0.2) is 6.10 Å². The molecule has 0 radical (unpaired) electrons. The van der Waals surface area contributed by atoms with Crippen molar-refractivity contribution >= 4 is 5.91 Å². The van der Waals surface area contributed by atoms with Crippen molar-refractivity contribution < 1.29 is 35.1 Å². The lowest BCUT2D eigenvalue weighted by molar-refractivity contribution is -0.345. The molecule has 1 fully saturated rings. The van der Waals surface area contributed by atoms with Gasteiger partial charge in [-0.2, -0.15) is 0 Å². The molecule has 0 bridgehead atoms. The number of carbonyl (C=O) groups excluding carboxylic acids is 1. The van der Waals surface area contributed by atoms with Gasteiger partial charge < -0.3 is 35.6 Å². The standard InChI is InChI=1S/C8H15NO7/c1-9-7(14)6(13)8(15)5(12)4(11)3(10)2-16-8/h3-6,10-13,15H,2H2,1H3,(H,9,14)/t3-,4-,5-,6?,8+/m1/s1. The van der Waals surface area contributed by atoms with E-state index in [1.807, 2.05) is 5.32 Å². The van der Waals surface area contributed by atoms with E-state index in [4.69, 9.17) is 5.11 Å². The van der Waals surface area contributed by atoms with Gasteiger partial charge in [-0.3, -0.25) is 4.79 Å². The SMILES string of the molecule is CNC(=O)C(O)[C@@]1(O)OC[C@@H](O)[C@@H](O)[C@H]1O. The Balaban J connectivity index is 2.88. The zero-order valence-electron chi connectivity index (χ0n) is 8.57. The summed E-state index contributed by atoms with van der Waals surface area (Å²) in [5.74, 6) is -3.62. The Hall–Kier alpha value is -0.770. The molecule has 8 heteroatoms. The number of hydrogen-bond donors (Lipinski definition) is 6. The number of aliphatic hydroxyl groups is 5. The Bertz CT molecular complexity index is 273. The first-order valence-electron chi connectivity index (χ1n) is 4.64. The second-order valence-corrected chi connectivity index (χ2v) is 3.58. The Morgan fingerprint density at radius 1 is 1.50 bits per heavy atom. The van der Waals surface area contributed by atoms with Crippen LogP contribution in [0.2, 0.25) is 0 Å². The number of carbonyl (C=O) groups is 1. The molecule has 1 amide bonds. The quantitative estimate of drug-likeness (QED) is 0.287. The molecular weight excluding hydrogens is 222 g/mol. The van der Waals surface area contributed by atoms with Crippen LogP contribution in [-0.2, 0) is 9.53 Å². The van der Waals surface area contributed by atoms with Crippen molar-refractivity contribution in [1.29, 1.82) is 0 Å². The van der Waals surface area contributed by atoms with E-state index in [-0.39, 0.29) is 0 Å². The van der Waals surface area contributed by atoms with Gasteiger partial charge in [0.2, 0.25) is 5.79 Å². The van der Waals surface area contributed by atoms with Gasteiger partial charge in [0.05, 0.1) is 6.61 Å². The van der Waals surface area contributed by atoms with Crippen LogP contribution in [0.15, 0.2) is 0 Å². The summed E-state index contributed by atoms with van der Waals surface area (Å²) in [5.41, 5.74) is 0. The van der Waals surface area contributed by atoms with Gasteiger partial charge in [-0.25, -0.2) is 0 Å². The minimum absolute atomic E-state index is 0.511. The summed E-state index contributed by atoms with van der Waals surface area (Å²) in [6.07, 6.45) is -7.18. The summed E-state index contributed by atoms with van der Waals surface area (Å²) in [6.45, 7) is -0.511. The van der Waals surface area contributed by atoms with Gasteiger partial charge in [0.1, 0.15) is 18.3 Å². The smallest absolute Gasteiger partial charge is 0.254 e.